The molecule has 0 aliphatic heterocycles. The summed E-state index contributed by atoms with van der Waals surface area (Å²) >= 11 is 0. The van der Waals surface area contributed by atoms with E-state index in [1.807, 2.05) is 0 Å². The summed E-state index contributed by atoms with van der Waals surface area (Å²) in [5, 5.41) is 2.92. The van der Waals surface area contributed by atoms with Gasteiger partial charge in [0.2, 0.25) is 5.91 Å². The quantitative estimate of drug-likeness (QED) is 0.680. The zero-order valence-electron chi connectivity index (χ0n) is 9.84. The molecule has 0 aromatic heterocycles. The van der Waals surface area contributed by atoms with Gasteiger partial charge in [0.15, 0.2) is 0 Å². The first-order valence-electron chi connectivity index (χ1n) is 5.45. The van der Waals surface area contributed by atoms with Crippen molar-refractivity contribution in [3.8, 4) is 0 Å². The van der Waals surface area contributed by atoms with E-state index >= 15 is 0 Å². The highest BCUT2D eigenvalue weighted by Crippen LogP contribution is 2.10. The Balaban J connectivity index is 3.92. The van der Waals surface area contributed by atoms with Crippen molar-refractivity contribution in [3.05, 3.63) is 0 Å². The number of rotatable bonds is 6. The van der Waals surface area contributed by atoms with Gasteiger partial charge in [-0.25, -0.2) is 0 Å². The van der Waals surface area contributed by atoms with Gasteiger partial charge in [-0.3, -0.25) is 4.79 Å². The second-order valence-electron chi connectivity index (χ2n) is 4.70. The average molecular weight is 200 g/mol. The van der Waals surface area contributed by atoms with Crippen LogP contribution in [0.15, 0.2) is 0 Å². The van der Waals surface area contributed by atoms with E-state index in [9.17, 15) is 4.79 Å². The first-order valence-corrected chi connectivity index (χ1v) is 5.45. The molecule has 14 heavy (non-hydrogen) atoms. The van der Waals surface area contributed by atoms with Crippen molar-refractivity contribution in [3.63, 3.8) is 0 Å². The standard InChI is InChI=1S/C11H24N2O/c1-8(2)5-10(6-12)11(14)13-7-9(3)4/h8-10H,5-7,12H2,1-4H3,(H,13,14). The molecular weight excluding hydrogens is 176 g/mol. The molecule has 1 unspecified atom stereocenters. The molecule has 1 atom stereocenters. The molecule has 0 aliphatic carbocycles. The second kappa shape index (κ2) is 6.82. The maximum atomic E-state index is 11.6. The molecule has 0 saturated carbocycles. The molecule has 1 amide bonds. The van der Waals surface area contributed by atoms with Gasteiger partial charge in [-0.05, 0) is 18.3 Å². The van der Waals surface area contributed by atoms with Crippen LogP contribution in [0.3, 0.4) is 0 Å². The Morgan fingerprint density at radius 1 is 1.21 bits per heavy atom. The Kier molecular flexibility index (Phi) is 6.54. The maximum absolute atomic E-state index is 11.6. The van der Waals surface area contributed by atoms with Gasteiger partial charge in [-0.1, -0.05) is 27.7 Å². The Hall–Kier alpha value is -0.570. The molecule has 0 spiro atoms. The van der Waals surface area contributed by atoms with E-state index < -0.39 is 0 Å². The van der Waals surface area contributed by atoms with Crippen molar-refractivity contribution in [2.45, 2.75) is 34.1 Å². The number of nitrogens with one attached hydrogen (secondary N) is 1. The van der Waals surface area contributed by atoms with Crippen molar-refractivity contribution in [1.29, 1.82) is 0 Å². The van der Waals surface area contributed by atoms with Crippen LogP contribution in [0, 0.1) is 17.8 Å². The molecule has 0 radical (unpaired) electrons. The molecule has 3 heteroatoms. The second-order valence-corrected chi connectivity index (χ2v) is 4.70. The predicted molar refractivity (Wildman–Crippen MR) is 59.8 cm³/mol. The minimum Gasteiger partial charge on any atom is -0.356 e. The molecule has 0 bridgehead atoms. The molecule has 0 saturated heterocycles. The Morgan fingerprint density at radius 2 is 1.79 bits per heavy atom. The van der Waals surface area contributed by atoms with Crippen LogP contribution < -0.4 is 11.1 Å². The van der Waals surface area contributed by atoms with E-state index in [2.05, 4.69) is 33.0 Å². The molecule has 3 N–H and O–H groups in total. The van der Waals surface area contributed by atoms with E-state index in [1.54, 1.807) is 0 Å². The first kappa shape index (κ1) is 13.4. The van der Waals surface area contributed by atoms with Gasteiger partial charge in [0.1, 0.15) is 0 Å². The third-order valence-electron chi connectivity index (χ3n) is 2.10. The predicted octanol–water partition coefficient (Wildman–Crippen LogP) is 1.38. The third-order valence-corrected chi connectivity index (χ3v) is 2.10. The highest BCUT2D eigenvalue weighted by molar-refractivity contribution is 5.78. The number of nitrogens with two attached hydrogens (primary N) is 1. The lowest BCUT2D eigenvalue weighted by molar-refractivity contribution is -0.125. The minimum absolute atomic E-state index is 0.0197. The molecule has 0 heterocycles. The van der Waals surface area contributed by atoms with Crippen LogP contribution in [0.2, 0.25) is 0 Å². The summed E-state index contributed by atoms with van der Waals surface area (Å²) < 4.78 is 0. The molecular formula is C11H24N2O. The van der Waals surface area contributed by atoms with Crippen LogP contribution in [0.1, 0.15) is 34.1 Å². The molecule has 0 aromatic rings. The molecule has 0 fully saturated rings. The third kappa shape index (κ3) is 5.97. The number of amides is 1. The van der Waals surface area contributed by atoms with E-state index in [0.717, 1.165) is 13.0 Å². The SMILES string of the molecule is CC(C)CNC(=O)C(CN)CC(C)C. The summed E-state index contributed by atoms with van der Waals surface area (Å²) in [5.74, 6) is 1.11. The molecule has 3 nitrogen and oxygen atoms in total. The highest BCUT2D eigenvalue weighted by Gasteiger charge is 2.17. The summed E-state index contributed by atoms with van der Waals surface area (Å²) in [5.41, 5.74) is 5.57. The maximum Gasteiger partial charge on any atom is 0.224 e. The van der Waals surface area contributed by atoms with Crippen LogP contribution in [0.5, 0.6) is 0 Å². The van der Waals surface area contributed by atoms with Crippen molar-refractivity contribution in [2.24, 2.45) is 23.5 Å². The first-order chi connectivity index (χ1) is 6.47. The number of hydrogen-bond acceptors (Lipinski definition) is 2. The summed E-state index contributed by atoms with van der Waals surface area (Å²) in [7, 11) is 0. The van der Waals surface area contributed by atoms with Crippen LogP contribution >= 0.6 is 0 Å². The Labute approximate surface area is 87.4 Å². The van der Waals surface area contributed by atoms with E-state index in [4.69, 9.17) is 5.73 Å². The molecule has 0 aromatic carbocycles. The smallest absolute Gasteiger partial charge is 0.224 e. The lowest BCUT2D eigenvalue weighted by Crippen LogP contribution is -2.37. The fraction of sp³-hybridized carbons (Fsp3) is 0.909. The lowest BCUT2D eigenvalue weighted by Gasteiger charge is -2.17. The van der Waals surface area contributed by atoms with Gasteiger partial charge in [0, 0.05) is 13.1 Å². The van der Waals surface area contributed by atoms with Gasteiger partial charge in [0.25, 0.3) is 0 Å². The zero-order chi connectivity index (χ0) is 11.1. The number of carbonyl (C=O) groups is 1. The van der Waals surface area contributed by atoms with Crippen molar-refractivity contribution < 1.29 is 4.79 Å². The Morgan fingerprint density at radius 3 is 2.14 bits per heavy atom. The van der Waals surface area contributed by atoms with Gasteiger partial charge < -0.3 is 11.1 Å². The molecule has 0 aliphatic rings. The molecule has 0 rings (SSSR count). The average Bonchev–Trinajstić information content (AvgIpc) is 2.09. The van der Waals surface area contributed by atoms with Gasteiger partial charge in [-0.15, -0.1) is 0 Å². The van der Waals surface area contributed by atoms with Crippen LogP contribution in [-0.2, 0) is 4.79 Å². The molecule has 84 valence electrons. The summed E-state index contributed by atoms with van der Waals surface area (Å²) in [6.07, 6.45) is 0.875. The van der Waals surface area contributed by atoms with Crippen molar-refractivity contribution in [1.82, 2.24) is 5.32 Å². The lowest BCUT2D eigenvalue weighted by atomic mass is 9.96. The van der Waals surface area contributed by atoms with Gasteiger partial charge >= 0.3 is 0 Å². The van der Waals surface area contributed by atoms with Gasteiger partial charge in [-0.2, -0.15) is 0 Å². The summed E-state index contributed by atoms with van der Waals surface area (Å²) in [6, 6.07) is 0. The topological polar surface area (TPSA) is 55.1 Å². The summed E-state index contributed by atoms with van der Waals surface area (Å²) in [6.45, 7) is 9.58. The van der Waals surface area contributed by atoms with E-state index in [-0.39, 0.29) is 11.8 Å². The Bertz CT molecular complexity index is 167. The van der Waals surface area contributed by atoms with Crippen LogP contribution in [0.4, 0.5) is 0 Å². The van der Waals surface area contributed by atoms with Crippen molar-refractivity contribution in [2.75, 3.05) is 13.1 Å². The van der Waals surface area contributed by atoms with Crippen LogP contribution in [-0.4, -0.2) is 19.0 Å². The number of carbonyl (C=O) groups excluding carboxylic acids is 1. The minimum atomic E-state index is -0.0197. The monoisotopic (exact) mass is 200 g/mol. The van der Waals surface area contributed by atoms with E-state index in [0.29, 0.717) is 18.4 Å². The van der Waals surface area contributed by atoms with Crippen LogP contribution in [0.25, 0.3) is 0 Å². The fourth-order valence-electron chi connectivity index (χ4n) is 1.33. The van der Waals surface area contributed by atoms with Crippen molar-refractivity contribution >= 4 is 5.91 Å². The zero-order valence-corrected chi connectivity index (χ0v) is 9.84. The highest BCUT2D eigenvalue weighted by atomic mass is 16.1. The summed E-state index contributed by atoms with van der Waals surface area (Å²) in [4.78, 5) is 11.6. The number of hydrogen-bond donors (Lipinski definition) is 2. The largest absolute Gasteiger partial charge is 0.356 e. The van der Waals surface area contributed by atoms with E-state index in [1.165, 1.54) is 0 Å². The fourth-order valence-corrected chi connectivity index (χ4v) is 1.33. The van der Waals surface area contributed by atoms with Gasteiger partial charge in [0.05, 0.1) is 5.92 Å². The normalized spacial score (nSPS) is 13.4.